The third kappa shape index (κ3) is 5.12. The number of aromatic amines is 1. The second-order valence-electron chi connectivity index (χ2n) is 6.70. The van der Waals surface area contributed by atoms with E-state index in [9.17, 15) is 18.0 Å². The molecule has 3 N–H and O–H groups in total. The molecule has 0 saturated carbocycles. The number of carboxylic acids is 1. The summed E-state index contributed by atoms with van der Waals surface area (Å²) in [5, 5.41) is 15.7. The summed E-state index contributed by atoms with van der Waals surface area (Å²) in [7, 11) is -2.68. The molecule has 0 fully saturated rings. The summed E-state index contributed by atoms with van der Waals surface area (Å²) in [6, 6.07) is 9.04. The number of nitrogens with one attached hydrogen (secondary N) is 2. The summed E-state index contributed by atoms with van der Waals surface area (Å²) in [4.78, 5) is 22.4. The van der Waals surface area contributed by atoms with Gasteiger partial charge in [-0.2, -0.15) is 5.10 Å². The molecular weight excluding hydrogens is 426 g/mol. The zero-order chi connectivity index (χ0) is 22.6. The Labute approximate surface area is 178 Å². The van der Waals surface area contributed by atoms with E-state index in [2.05, 4.69) is 19.7 Å². The number of carbonyl (C=O) groups excluding carboxylic acids is 1. The minimum absolute atomic E-state index is 0.00582. The van der Waals surface area contributed by atoms with Gasteiger partial charge in [-0.3, -0.25) is 14.6 Å². The van der Waals surface area contributed by atoms with Crippen LogP contribution in [0.5, 0.6) is 5.75 Å². The van der Waals surface area contributed by atoms with Crippen LogP contribution in [0.3, 0.4) is 0 Å². The maximum Gasteiger partial charge on any atom is 0.359 e. The first-order valence-corrected chi connectivity index (χ1v) is 10.7. The zero-order valence-electron chi connectivity index (χ0n) is 16.8. The molecule has 164 valence electrons. The largest absolute Gasteiger partial charge is 0.493 e. The van der Waals surface area contributed by atoms with Crippen molar-refractivity contribution in [1.29, 1.82) is 0 Å². The van der Waals surface area contributed by atoms with E-state index in [0.717, 1.165) is 0 Å². The molecule has 0 unspecified atom stereocenters. The van der Waals surface area contributed by atoms with Gasteiger partial charge in [-0.05, 0) is 55.3 Å². The van der Waals surface area contributed by atoms with Crippen LogP contribution in [-0.2, 0) is 19.6 Å². The summed E-state index contributed by atoms with van der Waals surface area (Å²) in [5.74, 6) is -1.06. The van der Waals surface area contributed by atoms with Crippen LogP contribution in [0.4, 0.5) is 5.69 Å². The Morgan fingerprint density at radius 2 is 1.97 bits per heavy atom. The van der Waals surface area contributed by atoms with E-state index in [0.29, 0.717) is 28.6 Å². The number of hydrogen-bond donors (Lipinski definition) is 3. The van der Waals surface area contributed by atoms with Crippen LogP contribution in [0.15, 0.2) is 41.3 Å². The van der Waals surface area contributed by atoms with E-state index in [-0.39, 0.29) is 29.3 Å². The summed E-state index contributed by atoms with van der Waals surface area (Å²) in [6.07, 6.45) is 0.342. The number of sulfonamides is 1. The normalized spacial score (nSPS) is 11.3. The number of esters is 1. The van der Waals surface area contributed by atoms with Gasteiger partial charge in [0.05, 0.1) is 24.1 Å². The number of aliphatic carboxylic acids is 1. The van der Waals surface area contributed by atoms with Crippen molar-refractivity contribution in [2.24, 2.45) is 0 Å². The van der Waals surface area contributed by atoms with Crippen molar-refractivity contribution in [2.75, 3.05) is 18.4 Å². The molecule has 0 aliphatic rings. The number of anilines is 1. The van der Waals surface area contributed by atoms with Crippen LogP contribution in [0, 0.1) is 6.92 Å². The average Bonchev–Trinajstić information content (AvgIpc) is 3.14. The Hall–Kier alpha value is -3.60. The lowest BCUT2D eigenvalue weighted by Crippen LogP contribution is -2.13. The van der Waals surface area contributed by atoms with Gasteiger partial charge in [0, 0.05) is 17.5 Å². The van der Waals surface area contributed by atoms with E-state index < -0.39 is 22.0 Å². The van der Waals surface area contributed by atoms with Crippen LogP contribution >= 0.6 is 0 Å². The highest BCUT2D eigenvalue weighted by atomic mass is 32.2. The van der Waals surface area contributed by atoms with Crippen molar-refractivity contribution < 1.29 is 32.6 Å². The summed E-state index contributed by atoms with van der Waals surface area (Å²) < 4.78 is 38.3. The number of carboxylic acid groups (broad SMARTS) is 1. The van der Waals surface area contributed by atoms with Crippen LogP contribution in [0.1, 0.15) is 28.9 Å². The Bertz CT molecular complexity index is 1230. The number of rotatable bonds is 9. The smallest absolute Gasteiger partial charge is 0.359 e. The van der Waals surface area contributed by atoms with Crippen molar-refractivity contribution in [3.8, 4) is 5.75 Å². The van der Waals surface area contributed by atoms with Crippen molar-refractivity contribution in [3.63, 3.8) is 0 Å². The van der Waals surface area contributed by atoms with E-state index in [1.807, 2.05) is 0 Å². The first kappa shape index (κ1) is 22.1. The monoisotopic (exact) mass is 447 g/mol. The predicted octanol–water partition coefficient (Wildman–Crippen LogP) is 2.70. The third-order valence-corrected chi connectivity index (χ3v) is 5.82. The van der Waals surface area contributed by atoms with Crippen molar-refractivity contribution in [3.05, 3.63) is 47.7 Å². The minimum atomic E-state index is -3.91. The average molecular weight is 447 g/mol. The van der Waals surface area contributed by atoms with Gasteiger partial charge >= 0.3 is 11.9 Å². The molecule has 10 nitrogen and oxygen atoms in total. The first-order chi connectivity index (χ1) is 14.7. The Morgan fingerprint density at radius 1 is 1.19 bits per heavy atom. The number of hydrogen-bond acceptors (Lipinski definition) is 7. The molecule has 1 heterocycles. The summed E-state index contributed by atoms with van der Waals surface area (Å²) in [6.45, 7) is 1.91. The van der Waals surface area contributed by atoms with Gasteiger partial charge in [0.15, 0.2) is 5.69 Å². The lowest BCUT2D eigenvalue weighted by atomic mass is 10.2. The number of aromatic nitrogens is 2. The predicted molar refractivity (Wildman–Crippen MR) is 112 cm³/mol. The summed E-state index contributed by atoms with van der Waals surface area (Å²) >= 11 is 0. The topological polar surface area (TPSA) is 148 Å². The molecule has 3 rings (SSSR count). The van der Waals surface area contributed by atoms with Gasteiger partial charge < -0.3 is 14.6 Å². The lowest BCUT2D eigenvalue weighted by Gasteiger charge is -2.12. The molecule has 0 atom stereocenters. The molecule has 1 aromatic heterocycles. The van der Waals surface area contributed by atoms with Crippen molar-refractivity contribution in [2.45, 2.75) is 24.7 Å². The summed E-state index contributed by atoms with van der Waals surface area (Å²) in [5.41, 5.74) is 1.46. The minimum Gasteiger partial charge on any atom is -0.493 e. The molecule has 0 spiro atoms. The number of ether oxygens (including phenoxy) is 2. The molecule has 0 aliphatic heterocycles. The Morgan fingerprint density at radius 3 is 2.65 bits per heavy atom. The second-order valence-corrected chi connectivity index (χ2v) is 8.39. The molecule has 0 saturated heterocycles. The number of fused-ring (bicyclic) bond motifs is 1. The third-order valence-electron chi connectivity index (χ3n) is 4.44. The fourth-order valence-electron chi connectivity index (χ4n) is 2.90. The van der Waals surface area contributed by atoms with E-state index in [1.165, 1.54) is 31.4 Å². The highest BCUT2D eigenvalue weighted by Crippen LogP contribution is 2.26. The van der Waals surface area contributed by atoms with Crippen molar-refractivity contribution >= 4 is 38.6 Å². The highest BCUT2D eigenvalue weighted by molar-refractivity contribution is 7.92. The van der Waals surface area contributed by atoms with E-state index in [4.69, 9.17) is 9.84 Å². The van der Waals surface area contributed by atoms with E-state index in [1.54, 1.807) is 19.1 Å². The Balaban J connectivity index is 1.78. The van der Waals surface area contributed by atoms with Gasteiger partial charge in [-0.25, -0.2) is 13.2 Å². The fourth-order valence-corrected chi connectivity index (χ4v) is 4.03. The molecule has 0 aliphatic carbocycles. The number of benzene rings is 2. The standard InChI is InChI=1S/C20H21N3O7S/c1-12-10-14(6-8-17(12)30-9-3-4-18(24)25)31(27,28)23-13-5-7-16-15(11-13)19(22-21-16)20(26)29-2/h5-8,10-11,23H,3-4,9H2,1-2H3,(H,21,22)(H,24,25). The molecule has 2 aromatic carbocycles. The van der Waals surface area contributed by atoms with Crippen LogP contribution in [0.2, 0.25) is 0 Å². The molecule has 31 heavy (non-hydrogen) atoms. The first-order valence-electron chi connectivity index (χ1n) is 9.26. The Kier molecular flexibility index (Phi) is 6.44. The number of nitrogens with zero attached hydrogens (tertiary/aromatic N) is 1. The molecular formula is C20H21N3O7S. The quantitative estimate of drug-likeness (QED) is 0.335. The lowest BCUT2D eigenvalue weighted by molar-refractivity contribution is -0.137. The van der Waals surface area contributed by atoms with Gasteiger partial charge in [0.2, 0.25) is 0 Å². The van der Waals surface area contributed by atoms with Gasteiger partial charge in [0.25, 0.3) is 10.0 Å². The maximum atomic E-state index is 12.8. The van der Waals surface area contributed by atoms with Gasteiger partial charge in [-0.15, -0.1) is 0 Å². The van der Waals surface area contributed by atoms with Crippen LogP contribution in [-0.4, -0.2) is 49.4 Å². The van der Waals surface area contributed by atoms with E-state index >= 15 is 0 Å². The maximum absolute atomic E-state index is 12.8. The highest BCUT2D eigenvalue weighted by Gasteiger charge is 2.19. The molecule has 0 bridgehead atoms. The second kappa shape index (κ2) is 9.04. The SMILES string of the molecule is COC(=O)c1n[nH]c2ccc(NS(=O)(=O)c3ccc(OCCCC(=O)O)c(C)c3)cc12. The molecule has 11 heteroatoms. The zero-order valence-corrected chi connectivity index (χ0v) is 17.7. The van der Waals surface area contributed by atoms with Crippen LogP contribution < -0.4 is 9.46 Å². The molecule has 3 aromatic rings. The van der Waals surface area contributed by atoms with Gasteiger partial charge in [-0.1, -0.05) is 0 Å². The number of carbonyl (C=O) groups is 2. The fraction of sp³-hybridized carbons (Fsp3) is 0.250. The number of aryl methyl sites for hydroxylation is 1. The van der Waals surface area contributed by atoms with Gasteiger partial charge in [0.1, 0.15) is 5.75 Å². The molecule has 0 radical (unpaired) electrons. The molecule has 0 amide bonds. The number of H-pyrrole nitrogens is 1. The van der Waals surface area contributed by atoms with Crippen molar-refractivity contribution in [1.82, 2.24) is 10.2 Å². The number of methoxy groups -OCH3 is 1. The van der Waals surface area contributed by atoms with Crippen LogP contribution in [0.25, 0.3) is 10.9 Å².